The molecule has 0 radical (unpaired) electrons. The highest BCUT2D eigenvalue weighted by atomic mass is 35.5. The normalized spacial score (nSPS) is 10.8. The summed E-state index contributed by atoms with van der Waals surface area (Å²) in [6, 6.07) is 24.5. The predicted octanol–water partition coefficient (Wildman–Crippen LogP) is 6.58. The van der Waals surface area contributed by atoms with Crippen molar-refractivity contribution in [2.75, 3.05) is 11.9 Å². The number of ether oxygens (including phenoxy) is 1. The van der Waals surface area contributed by atoms with Crippen molar-refractivity contribution in [3.63, 3.8) is 0 Å². The summed E-state index contributed by atoms with van der Waals surface area (Å²) < 4.78 is 6.11. The van der Waals surface area contributed by atoms with E-state index in [1.807, 2.05) is 42.5 Å². The molecule has 2 nitrogen and oxygen atoms in total. The van der Waals surface area contributed by atoms with Crippen molar-refractivity contribution in [3.05, 3.63) is 94.5 Å². The lowest BCUT2D eigenvalue weighted by Gasteiger charge is -2.16. The fourth-order valence-electron chi connectivity index (χ4n) is 2.93. The fraction of sp³-hybridized carbons (Fsp3) is 0.250. The van der Waals surface area contributed by atoms with Crippen molar-refractivity contribution < 1.29 is 4.74 Å². The standard InChI is InChI=1S/C24H26ClNO/c1-18(2)16-26-23-13-12-22(25)15-21(23)14-20-10-6-7-11-24(20)27-17-19-8-4-3-5-9-19/h3-13,15,18,26H,14,16-17H2,1-2H3. The van der Waals surface area contributed by atoms with Gasteiger partial charge in [-0.2, -0.15) is 0 Å². The minimum Gasteiger partial charge on any atom is -0.489 e. The van der Waals surface area contributed by atoms with E-state index in [-0.39, 0.29) is 0 Å². The molecule has 27 heavy (non-hydrogen) atoms. The van der Waals surface area contributed by atoms with Crippen molar-refractivity contribution in [3.8, 4) is 5.75 Å². The van der Waals surface area contributed by atoms with Gasteiger partial charge in [-0.15, -0.1) is 0 Å². The minimum absolute atomic E-state index is 0.561. The van der Waals surface area contributed by atoms with E-state index < -0.39 is 0 Å². The van der Waals surface area contributed by atoms with Crippen molar-refractivity contribution in [2.45, 2.75) is 26.9 Å². The summed E-state index contributed by atoms with van der Waals surface area (Å²) in [4.78, 5) is 0. The highest BCUT2D eigenvalue weighted by molar-refractivity contribution is 6.30. The Morgan fingerprint density at radius 2 is 1.63 bits per heavy atom. The van der Waals surface area contributed by atoms with Gasteiger partial charge in [0.15, 0.2) is 0 Å². The topological polar surface area (TPSA) is 21.3 Å². The largest absolute Gasteiger partial charge is 0.489 e. The summed E-state index contributed by atoms with van der Waals surface area (Å²) in [5.41, 5.74) is 4.63. The third kappa shape index (κ3) is 5.77. The molecule has 0 spiro atoms. The number of rotatable bonds is 8. The number of halogens is 1. The molecule has 3 heteroatoms. The second-order valence-electron chi connectivity index (χ2n) is 7.13. The number of nitrogens with one attached hydrogen (secondary N) is 1. The average molecular weight is 380 g/mol. The summed E-state index contributed by atoms with van der Waals surface area (Å²) in [6.45, 7) is 5.90. The molecule has 1 N–H and O–H groups in total. The van der Waals surface area contributed by atoms with Gasteiger partial charge >= 0.3 is 0 Å². The molecule has 140 valence electrons. The summed E-state index contributed by atoms with van der Waals surface area (Å²) in [7, 11) is 0. The lowest BCUT2D eigenvalue weighted by molar-refractivity contribution is 0.303. The minimum atomic E-state index is 0.561. The second kappa shape index (κ2) is 9.48. The Balaban J connectivity index is 1.78. The van der Waals surface area contributed by atoms with Gasteiger partial charge in [-0.05, 0) is 46.9 Å². The second-order valence-corrected chi connectivity index (χ2v) is 7.57. The molecule has 0 aliphatic heterocycles. The third-order valence-corrected chi connectivity index (χ3v) is 4.59. The third-order valence-electron chi connectivity index (χ3n) is 4.36. The first-order chi connectivity index (χ1) is 13.1. The molecule has 0 amide bonds. The van der Waals surface area contributed by atoms with Crippen LogP contribution in [-0.2, 0) is 13.0 Å². The van der Waals surface area contributed by atoms with Crippen LogP contribution in [0.4, 0.5) is 5.69 Å². The van der Waals surface area contributed by atoms with Crippen LogP contribution in [0.15, 0.2) is 72.8 Å². The van der Waals surface area contributed by atoms with Crippen LogP contribution >= 0.6 is 11.6 Å². The number of para-hydroxylation sites is 1. The number of hydrogen-bond donors (Lipinski definition) is 1. The van der Waals surface area contributed by atoms with Crippen LogP contribution in [0.2, 0.25) is 5.02 Å². The molecule has 0 saturated carbocycles. The van der Waals surface area contributed by atoms with Gasteiger partial charge in [0, 0.05) is 23.7 Å². The van der Waals surface area contributed by atoms with E-state index in [2.05, 4.69) is 49.5 Å². The van der Waals surface area contributed by atoms with Gasteiger partial charge in [-0.1, -0.05) is 74.0 Å². The summed E-state index contributed by atoms with van der Waals surface area (Å²) in [5.74, 6) is 1.49. The van der Waals surface area contributed by atoms with Crippen LogP contribution in [0.1, 0.15) is 30.5 Å². The predicted molar refractivity (Wildman–Crippen MR) is 115 cm³/mol. The number of hydrogen-bond acceptors (Lipinski definition) is 2. The molecule has 0 unspecified atom stereocenters. The van der Waals surface area contributed by atoms with E-state index in [4.69, 9.17) is 16.3 Å². The van der Waals surface area contributed by atoms with Gasteiger partial charge in [0.25, 0.3) is 0 Å². The van der Waals surface area contributed by atoms with Gasteiger partial charge in [0.2, 0.25) is 0 Å². The molecule has 3 aromatic carbocycles. The van der Waals surface area contributed by atoms with Gasteiger partial charge in [0.1, 0.15) is 12.4 Å². The van der Waals surface area contributed by atoms with Gasteiger partial charge < -0.3 is 10.1 Å². The maximum Gasteiger partial charge on any atom is 0.123 e. The van der Waals surface area contributed by atoms with Crippen LogP contribution in [0.3, 0.4) is 0 Å². The summed E-state index contributed by atoms with van der Waals surface area (Å²) >= 11 is 6.27. The lowest BCUT2D eigenvalue weighted by atomic mass is 10.0. The van der Waals surface area contributed by atoms with Gasteiger partial charge in [-0.3, -0.25) is 0 Å². The molecule has 0 bridgehead atoms. The summed E-state index contributed by atoms with van der Waals surface area (Å²) in [5, 5.41) is 4.29. The molecule has 0 aliphatic rings. The molecule has 0 fully saturated rings. The highest BCUT2D eigenvalue weighted by Crippen LogP contribution is 2.28. The molecule has 3 aromatic rings. The van der Waals surface area contributed by atoms with Crippen LogP contribution in [0.5, 0.6) is 5.75 Å². The van der Waals surface area contributed by atoms with Crippen molar-refractivity contribution in [1.82, 2.24) is 0 Å². The maximum atomic E-state index is 6.27. The molecule has 0 saturated heterocycles. The highest BCUT2D eigenvalue weighted by Gasteiger charge is 2.10. The first-order valence-corrected chi connectivity index (χ1v) is 9.76. The monoisotopic (exact) mass is 379 g/mol. The molecule has 0 aliphatic carbocycles. The Morgan fingerprint density at radius 1 is 0.889 bits per heavy atom. The Kier molecular flexibility index (Phi) is 6.78. The molecule has 0 atom stereocenters. The SMILES string of the molecule is CC(C)CNc1ccc(Cl)cc1Cc1ccccc1OCc1ccccc1. The van der Waals surface area contributed by atoms with E-state index in [9.17, 15) is 0 Å². The van der Waals surface area contributed by atoms with Crippen molar-refractivity contribution >= 4 is 17.3 Å². The fourth-order valence-corrected chi connectivity index (χ4v) is 3.12. The Hall–Kier alpha value is -2.45. The zero-order chi connectivity index (χ0) is 19.1. The lowest BCUT2D eigenvalue weighted by Crippen LogP contribution is -2.10. The molecule has 0 heterocycles. The molecular formula is C24H26ClNO. The Morgan fingerprint density at radius 3 is 2.41 bits per heavy atom. The average Bonchev–Trinajstić information content (AvgIpc) is 2.67. The quantitative estimate of drug-likeness (QED) is 0.477. The van der Waals surface area contributed by atoms with E-state index in [0.29, 0.717) is 12.5 Å². The van der Waals surface area contributed by atoms with Crippen LogP contribution in [-0.4, -0.2) is 6.54 Å². The van der Waals surface area contributed by atoms with E-state index in [1.165, 1.54) is 5.56 Å². The Bertz CT molecular complexity index is 861. The smallest absolute Gasteiger partial charge is 0.123 e. The molecular weight excluding hydrogens is 354 g/mol. The van der Waals surface area contributed by atoms with Gasteiger partial charge in [-0.25, -0.2) is 0 Å². The number of anilines is 1. The zero-order valence-electron chi connectivity index (χ0n) is 15.9. The Labute approximate surface area is 167 Å². The van der Waals surface area contributed by atoms with E-state index in [1.54, 1.807) is 0 Å². The first kappa shape index (κ1) is 19.3. The van der Waals surface area contributed by atoms with Crippen LogP contribution < -0.4 is 10.1 Å². The van der Waals surface area contributed by atoms with Gasteiger partial charge in [0.05, 0.1) is 0 Å². The first-order valence-electron chi connectivity index (χ1n) is 9.39. The van der Waals surface area contributed by atoms with E-state index >= 15 is 0 Å². The van der Waals surface area contributed by atoms with Crippen molar-refractivity contribution in [2.24, 2.45) is 5.92 Å². The van der Waals surface area contributed by atoms with E-state index in [0.717, 1.165) is 40.6 Å². The number of benzene rings is 3. The molecule has 3 rings (SSSR count). The van der Waals surface area contributed by atoms with Crippen LogP contribution in [0, 0.1) is 5.92 Å². The van der Waals surface area contributed by atoms with Crippen molar-refractivity contribution in [1.29, 1.82) is 0 Å². The summed E-state index contributed by atoms with van der Waals surface area (Å²) in [6.07, 6.45) is 0.770. The zero-order valence-corrected chi connectivity index (χ0v) is 16.7. The molecule has 0 aromatic heterocycles. The maximum absolute atomic E-state index is 6.27. The van der Waals surface area contributed by atoms with Crippen LogP contribution in [0.25, 0.3) is 0 Å².